The summed E-state index contributed by atoms with van der Waals surface area (Å²) < 4.78 is 14.0. The van der Waals surface area contributed by atoms with Crippen molar-refractivity contribution in [3.05, 3.63) is 34.1 Å². The SMILES string of the molecule is Fc1ccc(CNC2CC3CC2C2CCCC32)c(Br)c1. The molecule has 5 unspecified atom stereocenters. The van der Waals surface area contributed by atoms with Crippen molar-refractivity contribution in [1.82, 2.24) is 5.32 Å². The van der Waals surface area contributed by atoms with E-state index in [9.17, 15) is 4.39 Å². The van der Waals surface area contributed by atoms with Crippen molar-refractivity contribution in [2.75, 3.05) is 0 Å². The molecule has 0 spiro atoms. The van der Waals surface area contributed by atoms with E-state index < -0.39 is 0 Å². The second kappa shape index (κ2) is 5.10. The first-order valence-corrected chi connectivity index (χ1v) is 8.69. The second-order valence-electron chi connectivity index (χ2n) is 6.88. The first-order valence-electron chi connectivity index (χ1n) is 7.89. The van der Waals surface area contributed by atoms with Crippen LogP contribution in [0.3, 0.4) is 0 Å². The van der Waals surface area contributed by atoms with Gasteiger partial charge in [-0.2, -0.15) is 0 Å². The van der Waals surface area contributed by atoms with E-state index in [-0.39, 0.29) is 5.82 Å². The molecule has 3 aliphatic carbocycles. The minimum Gasteiger partial charge on any atom is -0.310 e. The van der Waals surface area contributed by atoms with Gasteiger partial charge in [-0.15, -0.1) is 0 Å². The number of nitrogens with one attached hydrogen (secondary N) is 1. The van der Waals surface area contributed by atoms with E-state index in [0.29, 0.717) is 6.04 Å². The maximum absolute atomic E-state index is 13.1. The highest BCUT2D eigenvalue weighted by Crippen LogP contribution is 2.58. The molecular weight excluding hydrogens is 317 g/mol. The maximum Gasteiger partial charge on any atom is 0.124 e. The number of hydrogen-bond donors (Lipinski definition) is 1. The van der Waals surface area contributed by atoms with Gasteiger partial charge in [0.25, 0.3) is 0 Å². The van der Waals surface area contributed by atoms with E-state index in [1.807, 2.05) is 6.07 Å². The van der Waals surface area contributed by atoms with Crippen LogP contribution in [0.1, 0.15) is 37.7 Å². The van der Waals surface area contributed by atoms with Gasteiger partial charge in [0.2, 0.25) is 0 Å². The zero-order valence-electron chi connectivity index (χ0n) is 11.6. The molecule has 0 radical (unpaired) electrons. The van der Waals surface area contributed by atoms with Crippen LogP contribution in [0.5, 0.6) is 0 Å². The Labute approximate surface area is 128 Å². The molecule has 3 fully saturated rings. The van der Waals surface area contributed by atoms with Crippen LogP contribution in [0.2, 0.25) is 0 Å². The summed E-state index contributed by atoms with van der Waals surface area (Å²) in [5, 5.41) is 3.75. The van der Waals surface area contributed by atoms with Crippen molar-refractivity contribution in [1.29, 1.82) is 0 Å². The summed E-state index contributed by atoms with van der Waals surface area (Å²) in [5.74, 6) is 3.78. The van der Waals surface area contributed by atoms with Crippen LogP contribution in [0, 0.1) is 29.5 Å². The Kier molecular flexibility index (Phi) is 3.38. The summed E-state index contributed by atoms with van der Waals surface area (Å²) in [6.07, 6.45) is 7.23. The highest BCUT2D eigenvalue weighted by atomic mass is 79.9. The Balaban J connectivity index is 1.41. The van der Waals surface area contributed by atoms with Gasteiger partial charge in [-0.3, -0.25) is 0 Å². The van der Waals surface area contributed by atoms with Gasteiger partial charge in [0.1, 0.15) is 5.82 Å². The molecule has 0 amide bonds. The number of halogens is 2. The Morgan fingerprint density at radius 3 is 2.85 bits per heavy atom. The smallest absolute Gasteiger partial charge is 0.124 e. The van der Waals surface area contributed by atoms with Crippen molar-refractivity contribution in [2.24, 2.45) is 23.7 Å². The average Bonchev–Trinajstić information content (AvgIpc) is 3.10. The lowest BCUT2D eigenvalue weighted by Crippen LogP contribution is -2.38. The van der Waals surface area contributed by atoms with E-state index >= 15 is 0 Å². The van der Waals surface area contributed by atoms with E-state index in [1.165, 1.54) is 32.1 Å². The summed E-state index contributed by atoms with van der Waals surface area (Å²) in [6.45, 7) is 0.853. The van der Waals surface area contributed by atoms with Crippen LogP contribution in [0.4, 0.5) is 4.39 Å². The standard InChI is InChI=1S/C17H21BrFN/c18-16-8-12(19)5-4-10(16)9-20-17-7-11-6-15(17)14-3-1-2-13(11)14/h4-5,8,11,13-15,17,20H,1-3,6-7,9H2. The first-order chi connectivity index (χ1) is 9.72. The molecule has 1 aromatic rings. The zero-order chi connectivity index (χ0) is 13.7. The van der Waals surface area contributed by atoms with Gasteiger partial charge in [-0.05, 0) is 67.1 Å². The van der Waals surface area contributed by atoms with Crippen LogP contribution in [0.15, 0.2) is 22.7 Å². The van der Waals surface area contributed by atoms with Crippen molar-refractivity contribution in [3.8, 4) is 0 Å². The third-order valence-electron chi connectivity index (χ3n) is 6.00. The predicted octanol–water partition coefficient (Wildman–Crippen LogP) is 4.50. The minimum absolute atomic E-state index is 0.172. The molecule has 5 atom stereocenters. The molecule has 4 rings (SSSR count). The molecule has 0 aliphatic heterocycles. The van der Waals surface area contributed by atoms with Crippen LogP contribution in [-0.2, 0) is 6.54 Å². The second-order valence-corrected chi connectivity index (χ2v) is 7.73. The van der Waals surface area contributed by atoms with E-state index in [0.717, 1.165) is 40.3 Å². The van der Waals surface area contributed by atoms with E-state index in [1.54, 1.807) is 12.1 Å². The average molecular weight is 338 g/mol. The lowest BCUT2D eigenvalue weighted by Gasteiger charge is -2.32. The molecule has 2 bridgehead atoms. The van der Waals surface area contributed by atoms with Gasteiger partial charge >= 0.3 is 0 Å². The van der Waals surface area contributed by atoms with Crippen LogP contribution in [0.25, 0.3) is 0 Å². The van der Waals surface area contributed by atoms with Crippen molar-refractivity contribution < 1.29 is 4.39 Å². The Morgan fingerprint density at radius 1 is 1.15 bits per heavy atom. The molecule has 20 heavy (non-hydrogen) atoms. The molecule has 1 nitrogen and oxygen atoms in total. The molecule has 108 valence electrons. The molecular formula is C17H21BrFN. The summed E-state index contributed by atoms with van der Waals surface area (Å²) in [5.41, 5.74) is 1.16. The number of rotatable bonds is 3. The molecule has 1 aromatic carbocycles. The fourth-order valence-corrected chi connectivity index (χ4v) is 5.70. The van der Waals surface area contributed by atoms with Gasteiger partial charge in [0, 0.05) is 17.1 Å². The van der Waals surface area contributed by atoms with Gasteiger partial charge < -0.3 is 5.32 Å². The number of hydrogen-bond acceptors (Lipinski definition) is 1. The third-order valence-corrected chi connectivity index (χ3v) is 6.74. The number of benzene rings is 1. The van der Waals surface area contributed by atoms with Gasteiger partial charge in [0.15, 0.2) is 0 Å². The molecule has 0 heterocycles. The Bertz CT molecular complexity index is 518. The van der Waals surface area contributed by atoms with E-state index in [4.69, 9.17) is 0 Å². The van der Waals surface area contributed by atoms with Gasteiger partial charge in [-0.1, -0.05) is 28.4 Å². The Morgan fingerprint density at radius 2 is 2.00 bits per heavy atom. The zero-order valence-corrected chi connectivity index (χ0v) is 13.2. The lowest BCUT2D eigenvalue weighted by molar-refractivity contribution is 0.208. The minimum atomic E-state index is -0.172. The molecule has 0 aromatic heterocycles. The predicted molar refractivity (Wildman–Crippen MR) is 81.8 cm³/mol. The number of fused-ring (bicyclic) bond motifs is 5. The molecule has 3 saturated carbocycles. The van der Waals surface area contributed by atoms with Gasteiger partial charge in [0.05, 0.1) is 0 Å². The highest BCUT2D eigenvalue weighted by molar-refractivity contribution is 9.10. The molecule has 1 N–H and O–H groups in total. The first kappa shape index (κ1) is 13.3. The maximum atomic E-state index is 13.1. The fourth-order valence-electron chi connectivity index (χ4n) is 5.21. The topological polar surface area (TPSA) is 12.0 Å². The van der Waals surface area contributed by atoms with Crippen molar-refractivity contribution >= 4 is 15.9 Å². The summed E-state index contributed by atoms with van der Waals surface area (Å²) in [6, 6.07) is 5.69. The van der Waals surface area contributed by atoms with Gasteiger partial charge in [-0.25, -0.2) is 4.39 Å². The molecule has 3 heteroatoms. The largest absolute Gasteiger partial charge is 0.310 e. The summed E-state index contributed by atoms with van der Waals surface area (Å²) in [4.78, 5) is 0. The van der Waals surface area contributed by atoms with Crippen LogP contribution < -0.4 is 5.32 Å². The monoisotopic (exact) mass is 337 g/mol. The third kappa shape index (κ3) is 2.14. The summed E-state index contributed by atoms with van der Waals surface area (Å²) in [7, 11) is 0. The van der Waals surface area contributed by atoms with Crippen molar-refractivity contribution in [2.45, 2.75) is 44.7 Å². The van der Waals surface area contributed by atoms with Crippen LogP contribution in [-0.4, -0.2) is 6.04 Å². The molecule has 0 saturated heterocycles. The lowest BCUT2D eigenvalue weighted by atomic mass is 9.79. The quantitative estimate of drug-likeness (QED) is 0.856. The Hall–Kier alpha value is -0.410. The van der Waals surface area contributed by atoms with Crippen molar-refractivity contribution in [3.63, 3.8) is 0 Å². The van der Waals surface area contributed by atoms with E-state index in [2.05, 4.69) is 21.2 Å². The normalized spacial score (nSPS) is 38.4. The highest BCUT2D eigenvalue weighted by Gasteiger charge is 2.53. The molecule has 3 aliphatic rings. The summed E-state index contributed by atoms with van der Waals surface area (Å²) >= 11 is 3.46. The van der Waals surface area contributed by atoms with Crippen LogP contribution >= 0.6 is 15.9 Å². The fraction of sp³-hybridized carbons (Fsp3) is 0.647.